The quantitative estimate of drug-likeness (QED) is 0.555. The third-order valence-electron chi connectivity index (χ3n) is 4.34. The van der Waals surface area contributed by atoms with E-state index in [2.05, 4.69) is 20.4 Å². The molecule has 28 heavy (non-hydrogen) atoms. The second-order valence-electron chi connectivity index (χ2n) is 6.40. The molecule has 0 radical (unpaired) electrons. The van der Waals surface area contributed by atoms with Gasteiger partial charge in [0.25, 0.3) is 5.91 Å². The number of pyridine rings is 1. The number of hydrogen-bond acceptors (Lipinski definition) is 5. The molecule has 0 bridgehead atoms. The van der Waals surface area contributed by atoms with Gasteiger partial charge in [-0.05, 0) is 38.1 Å². The Labute approximate surface area is 166 Å². The van der Waals surface area contributed by atoms with Gasteiger partial charge < -0.3 is 5.32 Å². The highest BCUT2D eigenvalue weighted by molar-refractivity contribution is 7.09. The molecule has 1 aromatic carbocycles. The number of amides is 1. The van der Waals surface area contributed by atoms with Crippen molar-refractivity contribution in [2.45, 2.75) is 19.9 Å². The van der Waals surface area contributed by atoms with E-state index in [0.717, 1.165) is 22.0 Å². The minimum absolute atomic E-state index is 0.195. The van der Waals surface area contributed by atoms with Crippen LogP contribution in [0.15, 0.2) is 66.4 Å². The normalized spacial score (nSPS) is 11.9. The number of rotatable bonds is 5. The van der Waals surface area contributed by atoms with Gasteiger partial charge in [0.1, 0.15) is 5.69 Å². The Kier molecular flexibility index (Phi) is 4.99. The Morgan fingerprint density at radius 3 is 2.68 bits per heavy atom. The Bertz CT molecular complexity index is 1090. The fraction of sp³-hybridized carbons (Fsp3) is 0.143. The fourth-order valence-corrected chi connectivity index (χ4v) is 3.60. The van der Waals surface area contributed by atoms with Crippen LogP contribution in [0.1, 0.15) is 34.0 Å². The van der Waals surface area contributed by atoms with E-state index < -0.39 is 0 Å². The molecule has 0 spiro atoms. The number of aromatic nitrogens is 4. The number of benzene rings is 1. The first-order valence-corrected chi connectivity index (χ1v) is 9.78. The van der Waals surface area contributed by atoms with Crippen molar-refractivity contribution < 1.29 is 4.79 Å². The van der Waals surface area contributed by atoms with Crippen LogP contribution in [0.3, 0.4) is 0 Å². The van der Waals surface area contributed by atoms with E-state index in [1.54, 1.807) is 34.6 Å². The molecule has 3 aromatic heterocycles. The molecule has 4 aromatic rings. The molecule has 6 nitrogen and oxygen atoms in total. The molecule has 0 saturated heterocycles. The van der Waals surface area contributed by atoms with Gasteiger partial charge in [0.05, 0.1) is 28.0 Å². The Hall–Kier alpha value is -3.32. The van der Waals surface area contributed by atoms with Crippen molar-refractivity contribution in [1.82, 2.24) is 25.1 Å². The molecule has 0 aliphatic rings. The molecule has 0 aliphatic heterocycles. The number of hydrogen-bond donors (Lipinski definition) is 1. The lowest BCUT2D eigenvalue weighted by Crippen LogP contribution is -2.27. The average molecular weight is 389 g/mol. The van der Waals surface area contributed by atoms with Crippen LogP contribution in [0.4, 0.5) is 0 Å². The van der Waals surface area contributed by atoms with Crippen LogP contribution in [0.25, 0.3) is 16.9 Å². The van der Waals surface area contributed by atoms with Gasteiger partial charge in [-0.2, -0.15) is 5.10 Å². The summed E-state index contributed by atoms with van der Waals surface area (Å²) < 4.78 is 1.72. The molecule has 0 aliphatic carbocycles. The zero-order valence-corrected chi connectivity index (χ0v) is 16.4. The first-order valence-electron chi connectivity index (χ1n) is 8.90. The van der Waals surface area contributed by atoms with E-state index >= 15 is 0 Å². The third-order valence-corrected chi connectivity index (χ3v) is 5.13. The number of carbonyl (C=O) groups is 1. The second kappa shape index (κ2) is 7.74. The minimum Gasteiger partial charge on any atom is -0.344 e. The topological polar surface area (TPSA) is 72.7 Å². The first-order chi connectivity index (χ1) is 13.6. The second-order valence-corrected chi connectivity index (χ2v) is 7.46. The third kappa shape index (κ3) is 3.70. The van der Waals surface area contributed by atoms with Crippen molar-refractivity contribution in [2.24, 2.45) is 0 Å². The predicted molar refractivity (Wildman–Crippen MR) is 110 cm³/mol. The van der Waals surface area contributed by atoms with Crippen LogP contribution in [0.2, 0.25) is 0 Å². The number of thiazole rings is 1. The fourth-order valence-electron chi connectivity index (χ4n) is 2.90. The summed E-state index contributed by atoms with van der Waals surface area (Å²) in [6, 6.07) is 13.2. The summed E-state index contributed by atoms with van der Waals surface area (Å²) in [4.78, 5) is 21.7. The molecule has 1 unspecified atom stereocenters. The SMILES string of the molecule is Cc1nc(C(C)NC(=O)c2cn(-c3ccccc3)nc2-c2cccnc2)cs1. The van der Waals surface area contributed by atoms with Crippen molar-refractivity contribution in [2.75, 3.05) is 0 Å². The largest absolute Gasteiger partial charge is 0.344 e. The summed E-state index contributed by atoms with van der Waals surface area (Å²) >= 11 is 1.57. The van der Waals surface area contributed by atoms with E-state index in [-0.39, 0.29) is 11.9 Å². The Balaban J connectivity index is 1.70. The van der Waals surface area contributed by atoms with Crippen molar-refractivity contribution in [3.8, 4) is 16.9 Å². The number of aryl methyl sites for hydroxylation is 1. The van der Waals surface area contributed by atoms with Gasteiger partial charge >= 0.3 is 0 Å². The van der Waals surface area contributed by atoms with Crippen molar-refractivity contribution in [3.63, 3.8) is 0 Å². The summed E-state index contributed by atoms with van der Waals surface area (Å²) in [5.74, 6) is -0.195. The maximum atomic E-state index is 13.1. The van der Waals surface area contributed by atoms with E-state index in [1.165, 1.54) is 0 Å². The molecule has 140 valence electrons. The van der Waals surface area contributed by atoms with Crippen LogP contribution in [0.5, 0.6) is 0 Å². The van der Waals surface area contributed by atoms with Crippen LogP contribution in [0, 0.1) is 6.92 Å². The van der Waals surface area contributed by atoms with Crippen LogP contribution in [-0.2, 0) is 0 Å². The number of nitrogens with zero attached hydrogens (tertiary/aromatic N) is 4. The lowest BCUT2D eigenvalue weighted by molar-refractivity contribution is 0.0940. The number of nitrogens with one attached hydrogen (secondary N) is 1. The Morgan fingerprint density at radius 2 is 2.00 bits per heavy atom. The molecule has 0 fully saturated rings. The predicted octanol–water partition coefficient (Wildman–Crippen LogP) is 4.19. The van der Waals surface area contributed by atoms with Gasteiger partial charge in [-0.3, -0.25) is 9.78 Å². The van der Waals surface area contributed by atoms with Gasteiger partial charge in [-0.25, -0.2) is 9.67 Å². The molecule has 0 saturated carbocycles. The highest BCUT2D eigenvalue weighted by Crippen LogP contribution is 2.24. The molecule has 1 atom stereocenters. The standard InChI is InChI=1S/C21H19N5OS/c1-14(19-13-28-15(2)24-19)23-21(27)18-12-26(17-8-4-3-5-9-17)25-20(18)16-7-6-10-22-11-16/h3-14H,1-2H3,(H,23,27). The molecular formula is C21H19N5OS. The van der Waals surface area contributed by atoms with Gasteiger partial charge in [-0.1, -0.05) is 18.2 Å². The summed E-state index contributed by atoms with van der Waals surface area (Å²) in [5, 5.41) is 10.6. The van der Waals surface area contributed by atoms with Gasteiger partial charge in [0.15, 0.2) is 0 Å². The number of para-hydroxylation sites is 1. The molecule has 1 N–H and O–H groups in total. The van der Waals surface area contributed by atoms with Crippen LogP contribution >= 0.6 is 11.3 Å². The monoisotopic (exact) mass is 389 g/mol. The number of carbonyl (C=O) groups excluding carboxylic acids is 1. The Morgan fingerprint density at radius 1 is 1.18 bits per heavy atom. The van der Waals surface area contributed by atoms with E-state index in [4.69, 9.17) is 0 Å². The van der Waals surface area contributed by atoms with E-state index in [1.807, 2.05) is 61.7 Å². The molecule has 7 heteroatoms. The zero-order chi connectivity index (χ0) is 19.5. The molecule has 1 amide bonds. The smallest absolute Gasteiger partial charge is 0.255 e. The van der Waals surface area contributed by atoms with Gasteiger partial charge in [0, 0.05) is 29.5 Å². The van der Waals surface area contributed by atoms with E-state index in [0.29, 0.717) is 11.3 Å². The lowest BCUT2D eigenvalue weighted by atomic mass is 10.1. The highest BCUT2D eigenvalue weighted by atomic mass is 32.1. The van der Waals surface area contributed by atoms with Crippen molar-refractivity contribution in [1.29, 1.82) is 0 Å². The average Bonchev–Trinajstić information content (AvgIpc) is 3.36. The molecule has 4 rings (SSSR count). The summed E-state index contributed by atoms with van der Waals surface area (Å²) in [7, 11) is 0. The summed E-state index contributed by atoms with van der Waals surface area (Å²) in [5.41, 5.74) is 3.62. The molecular weight excluding hydrogens is 370 g/mol. The summed E-state index contributed by atoms with van der Waals surface area (Å²) in [6.07, 6.45) is 5.16. The van der Waals surface area contributed by atoms with Crippen molar-refractivity contribution in [3.05, 3.63) is 82.7 Å². The first kappa shape index (κ1) is 18.1. The summed E-state index contributed by atoms with van der Waals surface area (Å²) in [6.45, 7) is 3.88. The van der Waals surface area contributed by atoms with Crippen LogP contribution < -0.4 is 5.32 Å². The maximum absolute atomic E-state index is 13.1. The van der Waals surface area contributed by atoms with Crippen molar-refractivity contribution >= 4 is 17.2 Å². The lowest BCUT2D eigenvalue weighted by Gasteiger charge is -2.11. The highest BCUT2D eigenvalue weighted by Gasteiger charge is 2.21. The minimum atomic E-state index is -0.195. The molecule has 3 heterocycles. The van der Waals surface area contributed by atoms with E-state index in [9.17, 15) is 4.79 Å². The van der Waals surface area contributed by atoms with Crippen LogP contribution in [-0.4, -0.2) is 25.7 Å². The zero-order valence-electron chi connectivity index (χ0n) is 15.5. The van der Waals surface area contributed by atoms with Gasteiger partial charge in [-0.15, -0.1) is 11.3 Å². The van der Waals surface area contributed by atoms with Gasteiger partial charge in [0.2, 0.25) is 0 Å². The maximum Gasteiger partial charge on any atom is 0.255 e.